The Labute approximate surface area is 245 Å². The summed E-state index contributed by atoms with van der Waals surface area (Å²) < 4.78 is 31.5. The molecular weight excluding hydrogens is 535 g/mol. The Morgan fingerprint density at radius 2 is 1.45 bits per heavy atom. The van der Waals surface area contributed by atoms with Crippen LogP contribution < -0.4 is 9.47 Å². The number of ether oxygens (including phenoxy) is 3. The lowest BCUT2D eigenvalue weighted by atomic mass is 9.91. The second-order valence-electron chi connectivity index (χ2n) is 10.3. The maximum absolute atomic E-state index is 15.7. The highest BCUT2D eigenvalue weighted by atomic mass is 19.1. The average Bonchev–Trinajstić information content (AvgIpc) is 3.46. The number of rotatable bonds is 11. The number of carbonyl (C=O) groups excluding carboxylic acids is 3. The van der Waals surface area contributed by atoms with Gasteiger partial charge >= 0.3 is 17.9 Å². The number of fused-ring (bicyclic) bond motifs is 1. The predicted molar refractivity (Wildman–Crippen MR) is 160 cm³/mol. The maximum atomic E-state index is 15.7. The predicted octanol–water partition coefficient (Wildman–Crippen LogP) is 7.27. The van der Waals surface area contributed by atoms with Gasteiger partial charge in [0.2, 0.25) is 0 Å². The van der Waals surface area contributed by atoms with Gasteiger partial charge in [-0.25, -0.2) is 18.8 Å². The van der Waals surface area contributed by atoms with Crippen molar-refractivity contribution in [2.24, 2.45) is 0 Å². The summed E-state index contributed by atoms with van der Waals surface area (Å²) in [6.45, 7) is 13.9. The summed E-state index contributed by atoms with van der Waals surface area (Å²) in [5, 5.41) is 0. The fourth-order valence-electron chi connectivity index (χ4n) is 4.90. The molecule has 6 nitrogen and oxygen atoms in total. The minimum absolute atomic E-state index is 0.00671. The van der Waals surface area contributed by atoms with Crippen LogP contribution in [0.3, 0.4) is 0 Å². The van der Waals surface area contributed by atoms with Crippen molar-refractivity contribution in [1.29, 1.82) is 0 Å². The summed E-state index contributed by atoms with van der Waals surface area (Å²) in [5.41, 5.74) is 6.44. The Hall–Kier alpha value is -4.78. The van der Waals surface area contributed by atoms with Gasteiger partial charge in [-0.3, -0.25) is 0 Å². The summed E-state index contributed by atoms with van der Waals surface area (Å²) in [7, 11) is 0. The van der Waals surface area contributed by atoms with Crippen LogP contribution in [0.2, 0.25) is 0 Å². The van der Waals surface area contributed by atoms with Gasteiger partial charge in [0.15, 0.2) is 11.5 Å². The van der Waals surface area contributed by atoms with Gasteiger partial charge in [-0.15, -0.1) is 0 Å². The van der Waals surface area contributed by atoms with Crippen molar-refractivity contribution < 1.29 is 33.0 Å². The molecule has 0 unspecified atom stereocenters. The molecule has 0 atom stereocenters. The molecule has 7 heteroatoms. The first kappa shape index (κ1) is 30.2. The lowest BCUT2D eigenvalue weighted by Gasteiger charge is -2.15. The summed E-state index contributed by atoms with van der Waals surface area (Å²) in [4.78, 5) is 35.7. The highest BCUT2D eigenvalue weighted by Gasteiger charge is 2.22. The fraction of sp³-hybridized carbons (Fsp3) is 0.229. The Kier molecular flexibility index (Phi) is 9.53. The number of benzene rings is 3. The minimum Gasteiger partial charge on any atom is -0.463 e. The molecule has 0 heterocycles. The molecule has 0 bridgehead atoms. The van der Waals surface area contributed by atoms with Gasteiger partial charge in [0.25, 0.3) is 0 Å². The molecule has 3 aromatic carbocycles. The summed E-state index contributed by atoms with van der Waals surface area (Å²) in [6, 6.07) is 13.7. The molecule has 42 heavy (non-hydrogen) atoms. The molecule has 0 aromatic heterocycles. The number of halogens is 1. The van der Waals surface area contributed by atoms with Crippen LogP contribution in [0.25, 0.3) is 22.3 Å². The van der Waals surface area contributed by atoms with Crippen molar-refractivity contribution in [1.82, 2.24) is 0 Å². The third-order valence-electron chi connectivity index (χ3n) is 7.02. The minimum atomic E-state index is -0.684. The van der Waals surface area contributed by atoms with Crippen molar-refractivity contribution in [2.75, 3.05) is 6.61 Å². The van der Waals surface area contributed by atoms with Crippen molar-refractivity contribution in [3.8, 4) is 33.8 Å². The second-order valence-corrected chi connectivity index (χ2v) is 10.3. The molecule has 4 rings (SSSR count). The van der Waals surface area contributed by atoms with Gasteiger partial charge in [0.1, 0.15) is 5.82 Å². The smallest absolute Gasteiger partial charge is 0.338 e. The molecule has 0 amide bonds. The highest BCUT2D eigenvalue weighted by Crippen LogP contribution is 2.39. The molecule has 0 saturated carbocycles. The normalized spacial score (nSPS) is 11.8. The van der Waals surface area contributed by atoms with E-state index in [1.165, 1.54) is 43.2 Å². The molecule has 0 fully saturated rings. The van der Waals surface area contributed by atoms with E-state index in [1.807, 2.05) is 12.1 Å². The Morgan fingerprint density at radius 3 is 2.12 bits per heavy atom. The van der Waals surface area contributed by atoms with Crippen molar-refractivity contribution in [3.63, 3.8) is 0 Å². The number of aryl methyl sites for hydroxylation is 1. The summed E-state index contributed by atoms with van der Waals surface area (Å²) in [5.74, 6) is -2.12. The number of hydrogen-bond donors (Lipinski definition) is 0. The zero-order valence-electron chi connectivity index (χ0n) is 23.9. The van der Waals surface area contributed by atoms with Crippen LogP contribution in [0.5, 0.6) is 11.5 Å². The SMILES string of the molecule is C=CC(=O)OCCCc1ccc(-c2ccc(-c3ccc(OC(=O)C(=C)C)c(OC(=O)C(=C)C)c3)cc2F)c2c1CCC2. The third-order valence-corrected chi connectivity index (χ3v) is 7.02. The van der Waals surface area contributed by atoms with Gasteiger partial charge in [-0.2, -0.15) is 0 Å². The van der Waals surface area contributed by atoms with E-state index >= 15 is 4.39 Å². The zero-order valence-corrected chi connectivity index (χ0v) is 23.9. The molecule has 1 aliphatic rings. The fourth-order valence-corrected chi connectivity index (χ4v) is 4.90. The number of carbonyl (C=O) groups is 3. The van der Waals surface area contributed by atoms with Gasteiger partial charge in [0, 0.05) is 22.8 Å². The lowest BCUT2D eigenvalue weighted by molar-refractivity contribution is -0.137. The summed E-state index contributed by atoms with van der Waals surface area (Å²) >= 11 is 0. The zero-order chi connectivity index (χ0) is 30.4. The second kappa shape index (κ2) is 13.3. The van der Waals surface area contributed by atoms with E-state index < -0.39 is 17.9 Å². The molecule has 3 aromatic rings. The molecule has 1 aliphatic carbocycles. The first-order valence-corrected chi connectivity index (χ1v) is 13.7. The van der Waals surface area contributed by atoms with Gasteiger partial charge in [0.05, 0.1) is 6.61 Å². The molecular formula is C35H33FO6. The quantitative estimate of drug-likeness (QED) is 0.105. The molecule has 0 radical (unpaired) electrons. The van der Waals surface area contributed by atoms with E-state index in [0.717, 1.165) is 42.9 Å². The van der Waals surface area contributed by atoms with Crippen LogP contribution in [0.15, 0.2) is 85.5 Å². The molecule has 0 N–H and O–H groups in total. The third kappa shape index (κ3) is 6.92. The number of esters is 3. The monoisotopic (exact) mass is 568 g/mol. The van der Waals surface area contributed by atoms with Gasteiger partial charge < -0.3 is 14.2 Å². The van der Waals surface area contributed by atoms with Crippen LogP contribution in [-0.2, 0) is 38.4 Å². The van der Waals surface area contributed by atoms with E-state index in [9.17, 15) is 14.4 Å². The van der Waals surface area contributed by atoms with E-state index in [2.05, 4.69) is 19.7 Å². The molecule has 0 spiro atoms. The van der Waals surface area contributed by atoms with E-state index in [0.29, 0.717) is 29.7 Å². The van der Waals surface area contributed by atoms with Crippen molar-refractivity contribution >= 4 is 17.9 Å². The van der Waals surface area contributed by atoms with Gasteiger partial charge in [-0.05, 0) is 97.5 Å². The molecule has 0 aliphatic heterocycles. The Morgan fingerprint density at radius 1 is 0.833 bits per heavy atom. The lowest BCUT2D eigenvalue weighted by Crippen LogP contribution is -2.12. The maximum Gasteiger partial charge on any atom is 0.338 e. The Bertz CT molecular complexity index is 1600. The van der Waals surface area contributed by atoms with E-state index in [4.69, 9.17) is 14.2 Å². The topological polar surface area (TPSA) is 78.9 Å². The van der Waals surface area contributed by atoms with Crippen LogP contribution >= 0.6 is 0 Å². The van der Waals surface area contributed by atoms with Crippen LogP contribution in [0, 0.1) is 5.82 Å². The Balaban J connectivity index is 1.61. The van der Waals surface area contributed by atoms with Gasteiger partial charge in [-0.1, -0.05) is 50.1 Å². The van der Waals surface area contributed by atoms with Crippen molar-refractivity contribution in [2.45, 2.75) is 46.0 Å². The van der Waals surface area contributed by atoms with Crippen LogP contribution in [0.4, 0.5) is 4.39 Å². The summed E-state index contributed by atoms with van der Waals surface area (Å²) in [6.07, 6.45) is 5.41. The largest absolute Gasteiger partial charge is 0.463 e. The first-order chi connectivity index (χ1) is 20.1. The number of hydrogen-bond acceptors (Lipinski definition) is 6. The molecule has 0 saturated heterocycles. The van der Waals surface area contributed by atoms with E-state index in [1.54, 1.807) is 18.2 Å². The standard InChI is InChI=1S/C35H33FO6/c1-6-33(37)40-18-8-9-23-12-15-28(27-11-7-10-26(23)27)29-16-13-24(19-30(29)36)25-14-17-31(41-34(38)21(2)3)32(20-25)42-35(39)22(4)5/h6,12-17,19-20H,1-2,4,7-11,18H2,3,5H3. The highest BCUT2D eigenvalue weighted by molar-refractivity contribution is 5.91. The van der Waals surface area contributed by atoms with Crippen LogP contribution in [-0.4, -0.2) is 24.5 Å². The molecule has 216 valence electrons. The van der Waals surface area contributed by atoms with E-state index in [-0.39, 0.29) is 28.5 Å². The van der Waals surface area contributed by atoms with Crippen molar-refractivity contribution in [3.05, 3.63) is 108 Å². The first-order valence-electron chi connectivity index (χ1n) is 13.7. The average molecular weight is 569 g/mol. The van der Waals surface area contributed by atoms with Crippen LogP contribution in [0.1, 0.15) is 43.4 Å².